The van der Waals surface area contributed by atoms with E-state index in [0.717, 1.165) is 25.7 Å². The molecule has 3 rings (SSSR count). The molecule has 0 unspecified atom stereocenters. The number of thiophene rings is 1. The van der Waals surface area contributed by atoms with E-state index in [9.17, 15) is 9.59 Å². The summed E-state index contributed by atoms with van der Waals surface area (Å²) in [5.74, 6) is -0.753. The normalized spacial score (nSPS) is 16.0. The lowest BCUT2D eigenvalue weighted by molar-refractivity contribution is -0.131. The van der Waals surface area contributed by atoms with E-state index >= 15 is 0 Å². The Balaban J connectivity index is 1.76. The number of ether oxygens (including phenoxy) is 1. The highest BCUT2D eigenvalue weighted by molar-refractivity contribution is 7.11. The number of carbonyl (C=O) groups is 2. The summed E-state index contributed by atoms with van der Waals surface area (Å²) in [5.41, 5.74) is 0.625. The van der Waals surface area contributed by atoms with Crippen LogP contribution in [0.1, 0.15) is 47.0 Å². The third kappa shape index (κ3) is 3.96. The van der Waals surface area contributed by atoms with Crippen LogP contribution >= 0.6 is 11.3 Å². The second kappa shape index (κ2) is 7.37. The summed E-state index contributed by atoms with van der Waals surface area (Å²) in [6, 6.07) is 7.03. The fraction of sp³-hybridized carbons (Fsp3) is 0.353. The Morgan fingerprint density at radius 2 is 1.96 bits per heavy atom. The van der Waals surface area contributed by atoms with Gasteiger partial charge in [0.2, 0.25) is 6.10 Å². The second-order valence-corrected chi connectivity index (χ2v) is 6.48. The minimum Gasteiger partial charge on any atom is -0.443 e. The SMILES string of the molecule is O=C(O[C@H](C(=O)NC1CCCC1)c1ccncc1)c1cccs1. The summed E-state index contributed by atoms with van der Waals surface area (Å²) in [7, 11) is 0. The Morgan fingerprint density at radius 1 is 1.22 bits per heavy atom. The van der Waals surface area contributed by atoms with Gasteiger partial charge < -0.3 is 10.1 Å². The fourth-order valence-electron chi connectivity index (χ4n) is 2.72. The van der Waals surface area contributed by atoms with E-state index < -0.39 is 12.1 Å². The third-order valence-corrected chi connectivity index (χ3v) is 4.75. The molecule has 0 saturated heterocycles. The fourth-order valence-corrected chi connectivity index (χ4v) is 3.32. The lowest BCUT2D eigenvalue weighted by Gasteiger charge is -2.20. The van der Waals surface area contributed by atoms with Crippen LogP contribution in [0.25, 0.3) is 0 Å². The minimum atomic E-state index is -0.951. The largest absolute Gasteiger partial charge is 0.443 e. The predicted octanol–water partition coefficient (Wildman–Crippen LogP) is 3.10. The standard InChI is InChI=1S/C17H18N2O3S/c20-16(19-13-4-1-2-5-13)15(12-7-9-18-10-8-12)22-17(21)14-6-3-11-23-14/h3,6-11,13,15H,1-2,4-5H2,(H,19,20)/t15-/m0/s1. The Morgan fingerprint density at radius 3 is 2.61 bits per heavy atom. The van der Waals surface area contributed by atoms with Crippen LogP contribution in [0.3, 0.4) is 0 Å². The Bertz CT molecular complexity index is 652. The molecular formula is C17H18N2O3S. The van der Waals surface area contributed by atoms with Crippen LogP contribution in [0.15, 0.2) is 42.0 Å². The molecule has 0 spiro atoms. The van der Waals surface area contributed by atoms with Crippen molar-refractivity contribution in [3.8, 4) is 0 Å². The predicted molar refractivity (Wildman–Crippen MR) is 87.1 cm³/mol. The summed E-state index contributed by atoms with van der Waals surface area (Å²) in [6.07, 6.45) is 6.43. The summed E-state index contributed by atoms with van der Waals surface area (Å²) >= 11 is 1.29. The van der Waals surface area contributed by atoms with E-state index in [-0.39, 0.29) is 11.9 Å². The van der Waals surface area contributed by atoms with Gasteiger partial charge in [0.1, 0.15) is 4.88 Å². The molecule has 23 heavy (non-hydrogen) atoms. The summed E-state index contributed by atoms with van der Waals surface area (Å²) in [6.45, 7) is 0. The molecule has 1 atom stereocenters. The van der Waals surface area contributed by atoms with Crippen molar-refractivity contribution in [3.63, 3.8) is 0 Å². The van der Waals surface area contributed by atoms with Crippen LogP contribution in [0, 0.1) is 0 Å². The van der Waals surface area contributed by atoms with Crippen LogP contribution in [0.2, 0.25) is 0 Å². The first-order valence-electron chi connectivity index (χ1n) is 7.69. The summed E-state index contributed by atoms with van der Waals surface area (Å²) in [4.78, 5) is 29.3. The maximum Gasteiger partial charge on any atom is 0.349 e. The molecule has 120 valence electrons. The van der Waals surface area contributed by atoms with E-state index in [1.165, 1.54) is 11.3 Å². The monoisotopic (exact) mass is 330 g/mol. The Labute approximate surface area is 138 Å². The summed E-state index contributed by atoms with van der Waals surface area (Å²) < 4.78 is 5.48. The van der Waals surface area contributed by atoms with Gasteiger partial charge >= 0.3 is 5.97 Å². The van der Waals surface area contributed by atoms with Gasteiger partial charge in [-0.15, -0.1) is 11.3 Å². The molecule has 1 N–H and O–H groups in total. The average molecular weight is 330 g/mol. The molecule has 1 saturated carbocycles. The molecule has 2 aromatic heterocycles. The number of nitrogens with zero attached hydrogens (tertiary/aromatic N) is 1. The van der Waals surface area contributed by atoms with Crippen LogP contribution in [-0.2, 0) is 9.53 Å². The minimum absolute atomic E-state index is 0.173. The molecule has 1 aliphatic rings. The van der Waals surface area contributed by atoms with Crippen molar-refractivity contribution in [2.24, 2.45) is 0 Å². The molecule has 2 aromatic rings. The number of hydrogen-bond donors (Lipinski definition) is 1. The van der Waals surface area contributed by atoms with Crippen molar-refractivity contribution in [2.45, 2.75) is 37.8 Å². The van der Waals surface area contributed by atoms with Crippen LogP contribution in [0.4, 0.5) is 0 Å². The van der Waals surface area contributed by atoms with Gasteiger partial charge in [-0.1, -0.05) is 18.9 Å². The van der Waals surface area contributed by atoms with Gasteiger partial charge in [-0.25, -0.2) is 4.79 Å². The zero-order valence-electron chi connectivity index (χ0n) is 12.6. The van der Waals surface area contributed by atoms with Crippen molar-refractivity contribution >= 4 is 23.2 Å². The van der Waals surface area contributed by atoms with Gasteiger partial charge in [0.05, 0.1) is 0 Å². The van der Waals surface area contributed by atoms with Gasteiger partial charge in [0.25, 0.3) is 5.91 Å². The van der Waals surface area contributed by atoms with Crippen molar-refractivity contribution in [3.05, 3.63) is 52.5 Å². The molecule has 0 radical (unpaired) electrons. The molecule has 0 aromatic carbocycles. The number of esters is 1. The van der Waals surface area contributed by atoms with Crippen molar-refractivity contribution in [1.82, 2.24) is 10.3 Å². The van der Waals surface area contributed by atoms with E-state index in [1.54, 1.807) is 42.0 Å². The van der Waals surface area contributed by atoms with E-state index in [1.807, 2.05) is 0 Å². The van der Waals surface area contributed by atoms with Gasteiger partial charge in [-0.05, 0) is 36.4 Å². The third-order valence-electron chi connectivity index (χ3n) is 3.90. The highest BCUT2D eigenvalue weighted by Gasteiger charge is 2.28. The first kappa shape index (κ1) is 15.7. The molecule has 2 heterocycles. The van der Waals surface area contributed by atoms with Crippen molar-refractivity contribution in [1.29, 1.82) is 0 Å². The average Bonchev–Trinajstić information content (AvgIpc) is 3.26. The molecule has 1 aliphatic carbocycles. The molecule has 6 heteroatoms. The van der Waals surface area contributed by atoms with Crippen LogP contribution in [0.5, 0.6) is 0 Å². The Kier molecular flexibility index (Phi) is 5.02. The van der Waals surface area contributed by atoms with Crippen molar-refractivity contribution in [2.75, 3.05) is 0 Å². The summed E-state index contributed by atoms with van der Waals surface area (Å²) in [5, 5.41) is 4.80. The highest BCUT2D eigenvalue weighted by atomic mass is 32.1. The maximum atomic E-state index is 12.6. The topological polar surface area (TPSA) is 68.3 Å². The van der Waals surface area contributed by atoms with Gasteiger partial charge in [0, 0.05) is 24.0 Å². The molecule has 0 aliphatic heterocycles. The lowest BCUT2D eigenvalue weighted by atomic mass is 10.1. The van der Waals surface area contributed by atoms with Gasteiger partial charge in [-0.2, -0.15) is 0 Å². The molecular weight excluding hydrogens is 312 g/mol. The first-order chi connectivity index (χ1) is 11.2. The number of amides is 1. The second-order valence-electron chi connectivity index (χ2n) is 5.53. The number of hydrogen-bond acceptors (Lipinski definition) is 5. The van der Waals surface area contributed by atoms with E-state index in [4.69, 9.17) is 4.74 Å². The van der Waals surface area contributed by atoms with Crippen molar-refractivity contribution < 1.29 is 14.3 Å². The Hall–Kier alpha value is -2.21. The van der Waals surface area contributed by atoms with Crippen LogP contribution < -0.4 is 5.32 Å². The molecule has 1 fully saturated rings. The van der Waals surface area contributed by atoms with Gasteiger partial charge in [-0.3, -0.25) is 9.78 Å². The number of aromatic nitrogens is 1. The number of pyridine rings is 1. The highest BCUT2D eigenvalue weighted by Crippen LogP contribution is 2.23. The zero-order chi connectivity index (χ0) is 16.1. The maximum absolute atomic E-state index is 12.6. The first-order valence-corrected chi connectivity index (χ1v) is 8.57. The van der Waals surface area contributed by atoms with Gasteiger partial charge in [0.15, 0.2) is 0 Å². The number of nitrogens with one attached hydrogen (secondary N) is 1. The van der Waals surface area contributed by atoms with E-state index in [2.05, 4.69) is 10.3 Å². The smallest absolute Gasteiger partial charge is 0.349 e. The molecule has 0 bridgehead atoms. The molecule has 5 nitrogen and oxygen atoms in total. The van der Waals surface area contributed by atoms with Crippen LogP contribution in [-0.4, -0.2) is 22.9 Å². The quantitative estimate of drug-likeness (QED) is 0.855. The zero-order valence-corrected chi connectivity index (χ0v) is 13.4. The number of rotatable bonds is 5. The lowest BCUT2D eigenvalue weighted by Crippen LogP contribution is -2.38. The van der Waals surface area contributed by atoms with E-state index in [0.29, 0.717) is 10.4 Å². The molecule has 1 amide bonds. The number of carbonyl (C=O) groups excluding carboxylic acids is 2.